The molecule has 0 aliphatic heterocycles. The second kappa shape index (κ2) is 7.03. The Hall–Kier alpha value is -1.42. The van der Waals surface area contributed by atoms with Gasteiger partial charge in [-0.2, -0.15) is 5.26 Å². The van der Waals surface area contributed by atoms with E-state index in [1.165, 1.54) is 12.1 Å². The van der Waals surface area contributed by atoms with Gasteiger partial charge in [0, 0.05) is 13.2 Å². The zero-order valence-electron chi connectivity index (χ0n) is 12.7. The molecule has 0 atom stereocenters. The topological polar surface area (TPSA) is 90.2 Å². The number of aryl methyl sites for hydroxylation is 1. The minimum absolute atomic E-state index is 0.102. The second-order valence-corrected chi connectivity index (χ2v) is 7.64. The Bertz CT molecular complexity index is 631. The normalized spacial score (nSPS) is 12.1. The molecule has 2 N–H and O–H groups in total. The number of rotatable bonds is 7. The van der Waals surface area contributed by atoms with Crippen LogP contribution in [0.4, 0.5) is 0 Å². The number of nitriles is 1. The van der Waals surface area contributed by atoms with Gasteiger partial charge in [0.05, 0.1) is 16.5 Å². The van der Waals surface area contributed by atoms with Gasteiger partial charge in [-0.05, 0) is 48.9 Å². The lowest BCUT2D eigenvalue weighted by atomic mass is 9.88. The Kier molecular flexibility index (Phi) is 5.90. The first-order valence-electron chi connectivity index (χ1n) is 6.83. The lowest BCUT2D eigenvalue weighted by Crippen LogP contribution is -2.34. The van der Waals surface area contributed by atoms with E-state index in [9.17, 15) is 8.42 Å². The first-order chi connectivity index (χ1) is 9.72. The number of aliphatic hydroxyl groups excluding tert-OH is 1. The predicted octanol–water partition coefficient (Wildman–Crippen LogP) is 1.94. The minimum atomic E-state index is -3.60. The molecule has 5 nitrogen and oxygen atoms in total. The van der Waals surface area contributed by atoms with Crippen LogP contribution in [0.5, 0.6) is 0 Å². The molecule has 1 aromatic rings. The molecule has 0 aromatic heterocycles. The van der Waals surface area contributed by atoms with E-state index in [1.54, 1.807) is 13.0 Å². The highest BCUT2D eigenvalue weighted by Crippen LogP contribution is 2.23. The van der Waals surface area contributed by atoms with Crippen LogP contribution in [0.3, 0.4) is 0 Å². The van der Waals surface area contributed by atoms with E-state index in [4.69, 9.17) is 10.4 Å². The Balaban J connectivity index is 2.86. The lowest BCUT2D eigenvalue weighted by Gasteiger charge is -2.24. The van der Waals surface area contributed by atoms with Crippen molar-refractivity contribution in [3.63, 3.8) is 0 Å². The van der Waals surface area contributed by atoms with Crippen molar-refractivity contribution in [2.45, 2.75) is 38.5 Å². The molecule has 0 unspecified atom stereocenters. The first kappa shape index (κ1) is 17.6. The van der Waals surface area contributed by atoms with Gasteiger partial charge >= 0.3 is 0 Å². The van der Waals surface area contributed by atoms with Crippen LogP contribution in [0.1, 0.15) is 37.8 Å². The summed E-state index contributed by atoms with van der Waals surface area (Å²) in [5.74, 6) is 0. The Morgan fingerprint density at radius 1 is 1.38 bits per heavy atom. The number of nitrogens with zero attached hydrogens (tertiary/aromatic N) is 1. The number of aliphatic hydroxyl groups is 1. The molecule has 0 aliphatic carbocycles. The van der Waals surface area contributed by atoms with Gasteiger partial charge < -0.3 is 5.11 Å². The molecule has 0 bridgehead atoms. The van der Waals surface area contributed by atoms with Crippen LogP contribution in [0.25, 0.3) is 0 Å². The molecule has 6 heteroatoms. The summed E-state index contributed by atoms with van der Waals surface area (Å²) in [6.45, 7) is 5.99. The molecule has 21 heavy (non-hydrogen) atoms. The van der Waals surface area contributed by atoms with E-state index in [1.807, 2.05) is 19.9 Å². The van der Waals surface area contributed by atoms with Crippen molar-refractivity contribution in [1.29, 1.82) is 5.26 Å². The number of hydrogen-bond acceptors (Lipinski definition) is 4. The van der Waals surface area contributed by atoms with Crippen molar-refractivity contribution in [3.05, 3.63) is 29.3 Å². The summed E-state index contributed by atoms with van der Waals surface area (Å²) in [5.41, 5.74) is 0.764. The number of nitrogens with one attached hydrogen (secondary N) is 1. The van der Waals surface area contributed by atoms with Crippen molar-refractivity contribution >= 4 is 10.0 Å². The quantitative estimate of drug-likeness (QED) is 0.805. The Morgan fingerprint density at radius 2 is 2.05 bits per heavy atom. The summed E-state index contributed by atoms with van der Waals surface area (Å²) in [5, 5.41) is 17.7. The summed E-state index contributed by atoms with van der Waals surface area (Å²) in [7, 11) is -3.60. The maximum Gasteiger partial charge on any atom is 0.240 e. The number of benzene rings is 1. The van der Waals surface area contributed by atoms with E-state index in [0.717, 1.165) is 6.42 Å². The van der Waals surface area contributed by atoms with Crippen LogP contribution in [-0.4, -0.2) is 26.7 Å². The minimum Gasteiger partial charge on any atom is -0.396 e. The van der Waals surface area contributed by atoms with E-state index in [2.05, 4.69) is 4.72 Å². The first-order valence-corrected chi connectivity index (χ1v) is 8.31. The summed E-state index contributed by atoms with van der Waals surface area (Å²) in [4.78, 5) is 0.194. The maximum atomic E-state index is 12.3. The summed E-state index contributed by atoms with van der Waals surface area (Å²) < 4.78 is 27.3. The molecule has 0 heterocycles. The van der Waals surface area contributed by atoms with E-state index < -0.39 is 10.0 Å². The molecule has 1 aromatic carbocycles. The van der Waals surface area contributed by atoms with Crippen LogP contribution in [-0.2, 0) is 10.0 Å². The van der Waals surface area contributed by atoms with Crippen molar-refractivity contribution in [2.75, 3.05) is 13.2 Å². The summed E-state index contributed by atoms with van der Waals surface area (Å²) in [6.07, 6.45) is 1.38. The fraction of sp³-hybridized carbons (Fsp3) is 0.533. The van der Waals surface area contributed by atoms with Crippen molar-refractivity contribution < 1.29 is 13.5 Å². The molecule has 0 aliphatic rings. The van der Waals surface area contributed by atoms with E-state index >= 15 is 0 Å². The van der Waals surface area contributed by atoms with Crippen LogP contribution in [0.15, 0.2) is 23.1 Å². The molecular weight excluding hydrogens is 288 g/mol. The van der Waals surface area contributed by atoms with Gasteiger partial charge in [-0.25, -0.2) is 13.1 Å². The van der Waals surface area contributed by atoms with E-state index in [0.29, 0.717) is 24.1 Å². The van der Waals surface area contributed by atoms with Gasteiger partial charge in [0.25, 0.3) is 0 Å². The number of hydrogen-bond donors (Lipinski definition) is 2. The largest absolute Gasteiger partial charge is 0.396 e. The fourth-order valence-corrected chi connectivity index (χ4v) is 3.50. The molecular formula is C15H22N2O3S. The maximum absolute atomic E-state index is 12.3. The average Bonchev–Trinajstić information content (AvgIpc) is 2.43. The number of sulfonamides is 1. The zero-order valence-corrected chi connectivity index (χ0v) is 13.5. The Morgan fingerprint density at radius 3 is 2.57 bits per heavy atom. The highest BCUT2D eigenvalue weighted by atomic mass is 32.2. The smallest absolute Gasteiger partial charge is 0.240 e. The third-order valence-electron chi connectivity index (χ3n) is 3.35. The van der Waals surface area contributed by atoms with Gasteiger partial charge in [-0.15, -0.1) is 0 Å². The highest BCUT2D eigenvalue weighted by molar-refractivity contribution is 7.89. The van der Waals surface area contributed by atoms with Crippen LogP contribution in [0, 0.1) is 23.7 Å². The average molecular weight is 310 g/mol. The third kappa shape index (κ3) is 5.12. The molecule has 0 fully saturated rings. The molecule has 0 saturated heterocycles. The molecule has 0 saturated carbocycles. The predicted molar refractivity (Wildman–Crippen MR) is 81.2 cm³/mol. The Labute approximate surface area is 126 Å². The van der Waals surface area contributed by atoms with Crippen LogP contribution < -0.4 is 4.72 Å². The lowest BCUT2D eigenvalue weighted by molar-refractivity contribution is 0.242. The summed E-state index contributed by atoms with van der Waals surface area (Å²) in [6, 6.07) is 6.50. The standard InChI is InChI=1S/C15H22N2O3S/c1-12-9-13(10-16)5-6-14(12)21(19,20)17-11-15(2,3)7-4-8-18/h5-6,9,17-18H,4,7-8,11H2,1-3H3. The molecule has 0 radical (unpaired) electrons. The van der Waals surface area contributed by atoms with Gasteiger partial charge in [0.15, 0.2) is 0 Å². The van der Waals surface area contributed by atoms with Crippen molar-refractivity contribution in [1.82, 2.24) is 4.72 Å². The van der Waals surface area contributed by atoms with Gasteiger partial charge in [0.1, 0.15) is 0 Å². The van der Waals surface area contributed by atoms with Crippen molar-refractivity contribution in [2.24, 2.45) is 5.41 Å². The van der Waals surface area contributed by atoms with Crippen LogP contribution in [0.2, 0.25) is 0 Å². The van der Waals surface area contributed by atoms with Crippen molar-refractivity contribution in [3.8, 4) is 6.07 Å². The molecule has 116 valence electrons. The van der Waals surface area contributed by atoms with E-state index in [-0.39, 0.29) is 16.9 Å². The molecule has 0 spiro atoms. The molecule has 1 rings (SSSR count). The monoisotopic (exact) mass is 310 g/mol. The zero-order chi connectivity index (χ0) is 16.1. The highest BCUT2D eigenvalue weighted by Gasteiger charge is 2.23. The third-order valence-corrected chi connectivity index (χ3v) is 4.91. The van der Waals surface area contributed by atoms with Crippen LogP contribution >= 0.6 is 0 Å². The van der Waals surface area contributed by atoms with Gasteiger partial charge in [-0.3, -0.25) is 0 Å². The SMILES string of the molecule is Cc1cc(C#N)ccc1S(=O)(=O)NCC(C)(C)CCCO. The van der Waals surface area contributed by atoms with Gasteiger partial charge in [-0.1, -0.05) is 13.8 Å². The fourth-order valence-electron chi connectivity index (χ4n) is 2.03. The second-order valence-electron chi connectivity index (χ2n) is 5.91. The molecule has 0 amide bonds. The van der Waals surface area contributed by atoms with Gasteiger partial charge in [0.2, 0.25) is 10.0 Å². The summed E-state index contributed by atoms with van der Waals surface area (Å²) >= 11 is 0.